The van der Waals surface area contributed by atoms with Crippen molar-refractivity contribution in [3.8, 4) is 0 Å². The first-order chi connectivity index (χ1) is 7.31. The van der Waals surface area contributed by atoms with Gasteiger partial charge in [-0.15, -0.1) is 0 Å². The van der Waals surface area contributed by atoms with E-state index < -0.39 is 0 Å². The Kier molecular flexibility index (Phi) is 10.8. The zero-order chi connectivity index (χ0) is 11.4. The van der Waals surface area contributed by atoms with Crippen LogP contribution in [-0.2, 0) is 0 Å². The minimum absolute atomic E-state index is 1.14. The van der Waals surface area contributed by atoms with Crippen molar-refractivity contribution in [3.63, 3.8) is 0 Å². The Hall–Kier alpha value is -0.720. The molecule has 0 saturated heterocycles. The van der Waals surface area contributed by atoms with Gasteiger partial charge in [-0.25, -0.2) is 0 Å². The van der Waals surface area contributed by atoms with E-state index in [0.717, 1.165) is 6.42 Å². The van der Waals surface area contributed by atoms with Gasteiger partial charge in [0.1, 0.15) is 0 Å². The van der Waals surface area contributed by atoms with Gasteiger partial charge in [-0.2, -0.15) is 0 Å². The molecule has 0 radical (unpaired) electrons. The number of unbranched alkanes of at least 4 members (excludes halogenated alkanes) is 6. The molecule has 0 heterocycles. The van der Waals surface area contributed by atoms with Gasteiger partial charge in [0.15, 0.2) is 0 Å². The van der Waals surface area contributed by atoms with Crippen LogP contribution in [0, 0.1) is 0 Å². The number of rotatable bonds is 9. The molecule has 0 spiro atoms. The predicted molar refractivity (Wildman–Crippen MR) is 69.7 cm³/mol. The highest BCUT2D eigenvalue weighted by molar-refractivity contribution is 4.96. The van der Waals surface area contributed by atoms with Gasteiger partial charge in [0.05, 0.1) is 0 Å². The zero-order valence-corrected chi connectivity index (χ0v) is 10.5. The number of hydrogen-bond acceptors (Lipinski definition) is 1. The fraction of sp³-hybridized carbons (Fsp3) is 0.714. The van der Waals surface area contributed by atoms with Crippen molar-refractivity contribution in [1.29, 1.82) is 0 Å². The molecule has 0 aromatic heterocycles. The molecule has 0 aromatic carbocycles. The second kappa shape index (κ2) is 11.4. The molecule has 0 unspecified atom stereocenters. The zero-order valence-electron chi connectivity index (χ0n) is 10.5. The fourth-order valence-corrected chi connectivity index (χ4v) is 1.53. The van der Waals surface area contributed by atoms with Gasteiger partial charge in [0, 0.05) is 0 Å². The van der Waals surface area contributed by atoms with E-state index in [-0.39, 0.29) is 0 Å². The van der Waals surface area contributed by atoms with E-state index in [2.05, 4.69) is 19.9 Å². The fourth-order valence-electron chi connectivity index (χ4n) is 1.53. The van der Waals surface area contributed by atoms with Crippen molar-refractivity contribution in [3.05, 3.63) is 23.9 Å². The molecule has 0 saturated carbocycles. The van der Waals surface area contributed by atoms with Gasteiger partial charge in [-0.3, -0.25) is 0 Å². The molecule has 0 aliphatic heterocycles. The van der Waals surface area contributed by atoms with Gasteiger partial charge in [0.25, 0.3) is 0 Å². The third-order valence-corrected chi connectivity index (χ3v) is 2.76. The molecule has 88 valence electrons. The van der Waals surface area contributed by atoms with Crippen LogP contribution in [0.25, 0.3) is 0 Å². The van der Waals surface area contributed by atoms with E-state index in [9.17, 15) is 0 Å². The Morgan fingerprint density at radius 1 is 1.00 bits per heavy atom. The van der Waals surface area contributed by atoms with Crippen LogP contribution in [-0.4, -0.2) is 0 Å². The van der Waals surface area contributed by atoms with E-state index in [0.29, 0.717) is 0 Å². The summed E-state index contributed by atoms with van der Waals surface area (Å²) in [5.74, 6) is 0. The average molecular weight is 209 g/mol. The van der Waals surface area contributed by atoms with Gasteiger partial charge in [-0.1, -0.05) is 43.9 Å². The predicted octanol–water partition coefficient (Wildman–Crippen LogP) is 4.55. The smallest absolute Gasteiger partial charge is 0.0103 e. The number of nitrogens with two attached hydrogens (primary N) is 1. The van der Waals surface area contributed by atoms with Crippen molar-refractivity contribution < 1.29 is 0 Å². The molecular weight excluding hydrogens is 182 g/mol. The third kappa shape index (κ3) is 11.2. The second-order valence-electron chi connectivity index (χ2n) is 4.18. The van der Waals surface area contributed by atoms with Crippen LogP contribution in [0.2, 0.25) is 0 Å². The molecule has 0 atom stereocenters. The Labute approximate surface area is 95.4 Å². The van der Waals surface area contributed by atoms with E-state index in [1.54, 1.807) is 6.20 Å². The number of hydrogen-bond donors (Lipinski definition) is 1. The normalized spacial score (nSPS) is 12.5. The van der Waals surface area contributed by atoms with Gasteiger partial charge in [-0.05, 0) is 45.2 Å². The minimum Gasteiger partial charge on any atom is -0.405 e. The molecule has 0 aliphatic carbocycles. The standard InChI is InChI=1S/C14H27N/c1-3-14(2)12-10-8-6-4-5-7-9-11-13-15/h11-13H,3-10,15H2,1-2H3. The van der Waals surface area contributed by atoms with Crippen LogP contribution in [0.15, 0.2) is 23.9 Å². The minimum atomic E-state index is 1.14. The van der Waals surface area contributed by atoms with E-state index >= 15 is 0 Å². The molecule has 0 fully saturated rings. The SMILES string of the molecule is CCC(C)=CCCCCCCCC=CN. The molecule has 1 heteroatoms. The molecule has 0 amide bonds. The maximum absolute atomic E-state index is 5.26. The van der Waals surface area contributed by atoms with Crippen LogP contribution >= 0.6 is 0 Å². The maximum Gasteiger partial charge on any atom is -0.0103 e. The monoisotopic (exact) mass is 209 g/mol. The highest BCUT2D eigenvalue weighted by atomic mass is 14.5. The summed E-state index contributed by atoms with van der Waals surface area (Å²) in [4.78, 5) is 0. The van der Waals surface area contributed by atoms with Crippen LogP contribution in [0.5, 0.6) is 0 Å². The first-order valence-corrected chi connectivity index (χ1v) is 6.33. The molecule has 0 rings (SSSR count). The van der Waals surface area contributed by atoms with Crippen molar-refractivity contribution in [1.82, 2.24) is 0 Å². The van der Waals surface area contributed by atoms with E-state index in [4.69, 9.17) is 5.73 Å². The van der Waals surface area contributed by atoms with E-state index in [1.165, 1.54) is 50.5 Å². The second-order valence-corrected chi connectivity index (χ2v) is 4.18. The van der Waals surface area contributed by atoms with Crippen molar-refractivity contribution in [2.24, 2.45) is 5.73 Å². The Bertz CT molecular complexity index is 180. The summed E-state index contributed by atoms with van der Waals surface area (Å²) in [6.07, 6.45) is 16.4. The highest BCUT2D eigenvalue weighted by Crippen LogP contribution is 2.09. The first-order valence-electron chi connectivity index (χ1n) is 6.33. The maximum atomic E-state index is 5.26. The molecule has 0 aliphatic rings. The van der Waals surface area contributed by atoms with Crippen LogP contribution in [0.1, 0.15) is 65.2 Å². The van der Waals surface area contributed by atoms with Gasteiger partial charge >= 0.3 is 0 Å². The average Bonchev–Trinajstić information content (AvgIpc) is 2.26. The number of allylic oxidation sites excluding steroid dienone is 3. The van der Waals surface area contributed by atoms with Crippen molar-refractivity contribution in [2.75, 3.05) is 0 Å². The van der Waals surface area contributed by atoms with E-state index in [1.807, 2.05) is 6.08 Å². The molecule has 1 nitrogen and oxygen atoms in total. The van der Waals surface area contributed by atoms with Crippen LogP contribution in [0.4, 0.5) is 0 Å². The lowest BCUT2D eigenvalue weighted by molar-refractivity contribution is 0.621. The summed E-state index contributed by atoms with van der Waals surface area (Å²) in [5.41, 5.74) is 6.79. The largest absolute Gasteiger partial charge is 0.405 e. The highest BCUT2D eigenvalue weighted by Gasteiger charge is 1.89. The molecule has 15 heavy (non-hydrogen) atoms. The molecule has 0 aromatic rings. The summed E-state index contributed by atoms with van der Waals surface area (Å²) in [7, 11) is 0. The van der Waals surface area contributed by atoms with Crippen LogP contribution in [0.3, 0.4) is 0 Å². The Morgan fingerprint density at radius 2 is 1.60 bits per heavy atom. The molecular formula is C14H27N. The van der Waals surface area contributed by atoms with Crippen LogP contribution < -0.4 is 5.73 Å². The lowest BCUT2D eigenvalue weighted by Gasteiger charge is -1.99. The quantitative estimate of drug-likeness (QED) is 0.437. The lowest BCUT2D eigenvalue weighted by atomic mass is 10.1. The summed E-state index contributed by atoms with van der Waals surface area (Å²) in [5, 5.41) is 0. The molecule has 0 bridgehead atoms. The first kappa shape index (κ1) is 14.3. The summed E-state index contributed by atoms with van der Waals surface area (Å²) < 4.78 is 0. The Morgan fingerprint density at radius 3 is 2.20 bits per heavy atom. The van der Waals surface area contributed by atoms with Gasteiger partial charge in [0.2, 0.25) is 0 Å². The summed E-state index contributed by atoms with van der Waals surface area (Å²) >= 11 is 0. The Balaban J connectivity index is 3.11. The van der Waals surface area contributed by atoms with Crippen molar-refractivity contribution >= 4 is 0 Å². The molecule has 2 N–H and O–H groups in total. The topological polar surface area (TPSA) is 26.0 Å². The van der Waals surface area contributed by atoms with Gasteiger partial charge < -0.3 is 5.73 Å². The summed E-state index contributed by atoms with van der Waals surface area (Å²) in [6.45, 7) is 4.44. The third-order valence-electron chi connectivity index (χ3n) is 2.76. The lowest BCUT2D eigenvalue weighted by Crippen LogP contribution is -1.80. The summed E-state index contributed by atoms with van der Waals surface area (Å²) in [6, 6.07) is 0. The van der Waals surface area contributed by atoms with Crippen molar-refractivity contribution in [2.45, 2.75) is 65.2 Å².